The monoisotopic (exact) mass is 263 g/mol. The van der Waals surface area contributed by atoms with Gasteiger partial charge in [-0.3, -0.25) is 5.84 Å². The Hall–Kier alpha value is -0.900. The molecule has 0 radical (unpaired) electrons. The molecule has 0 heterocycles. The lowest BCUT2D eigenvalue weighted by Crippen LogP contribution is -2.40. The minimum Gasteiger partial charge on any atom is -0.303 e. The summed E-state index contributed by atoms with van der Waals surface area (Å²) >= 11 is 0. The maximum absolute atomic E-state index is 5.30. The first-order valence-corrected chi connectivity index (χ1v) is 6.94. The fraction of sp³-hybridized carbons (Fsp3) is 0.625. The van der Waals surface area contributed by atoms with Gasteiger partial charge in [0.1, 0.15) is 0 Å². The van der Waals surface area contributed by atoms with E-state index in [2.05, 4.69) is 70.5 Å². The van der Waals surface area contributed by atoms with Crippen molar-refractivity contribution in [3.05, 3.63) is 34.9 Å². The third-order valence-corrected chi connectivity index (χ3v) is 3.63. The smallest absolute Gasteiger partial charge is 0.0587 e. The van der Waals surface area contributed by atoms with Crippen LogP contribution in [0.1, 0.15) is 51.3 Å². The van der Waals surface area contributed by atoms with Gasteiger partial charge in [-0.25, -0.2) is 5.43 Å². The van der Waals surface area contributed by atoms with Crippen LogP contribution in [-0.2, 0) is 10.8 Å². The highest BCUT2D eigenvalue weighted by Gasteiger charge is 2.24. The standard InChI is InChI=1S/C16H29N3/c1-12-7-8-13(15(2,3)4)9-14(12)16(5,6)10-18-11-19-17/h7-9,18-19H,10-11,17H2,1-6H3. The molecule has 1 aromatic rings. The molecule has 1 rings (SSSR count). The Morgan fingerprint density at radius 2 is 1.74 bits per heavy atom. The summed E-state index contributed by atoms with van der Waals surface area (Å²) < 4.78 is 0. The summed E-state index contributed by atoms with van der Waals surface area (Å²) in [5, 5.41) is 3.32. The maximum Gasteiger partial charge on any atom is 0.0587 e. The normalized spacial score (nSPS) is 12.8. The highest BCUT2D eigenvalue weighted by molar-refractivity contribution is 5.39. The summed E-state index contributed by atoms with van der Waals surface area (Å²) in [6, 6.07) is 6.83. The molecular formula is C16H29N3. The molecule has 0 spiro atoms. The van der Waals surface area contributed by atoms with Crippen molar-refractivity contribution in [2.45, 2.75) is 52.4 Å². The average Bonchev–Trinajstić information content (AvgIpc) is 2.27. The van der Waals surface area contributed by atoms with Gasteiger partial charge in [0.2, 0.25) is 0 Å². The molecule has 0 aliphatic carbocycles. The third-order valence-electron chi connectivity index (χ3n) is 3.63. The number of aryl methyl sites for hydroxylation is 1. The van der Waals surface area contributed by atoms with Crippen molar-refractivity contribution in [1.82, 2.24) is 10.7 Å². The zero-order valence-electron chi connectivity index (χ0n) is 13.2. The summed E-state index contributed by atoms with van der Waals surface area (Å²) in [5.74, 6) is 5.30. The lowest BCUT2D eigenvalue weighted by Gasteiger charge is -2.30. The zero-order chi connectivity index (χ0) is 14.7. The molecule has 0 bridgehead atoms. The summed E-state index contributed by atoms with van der Waals surface area (Å²) in [6.07, 6.45) is 0. The predicted molar refractivity (Wildman–Crippen MR) is 83.1 cm³/mol. The average molecular weight is 263 g/mol. The van der Waals surface area contributed by atoms with E-state index in [9.17, 15) is 0 Å². The molecule has 0 saturated carbocycles. The van der Waals surface area contributed by atoms with Gasteiger partial charge in [-0.15, -0.1) is 0 Å². The number of hydrogen-bond donors (Lipinski definition) is 3. The molecule has 0 aliphatic rings. The van der Waals surface area contributed by atoms with Gasteiger partial charge in [-0.1, -0.05) is 52.8 Å². The van der Waals surface area contributed by atoms with Gasteiger partial charge < -0.3 is 5.32 Å². The second-order valence-electron chi connectivity index (χ2n) is 6.97. The summed E-state index contributed by atoms with van der Waals surface area (Å²) in [4.78, 5) is 0. The molecule has 0 aliphatic heterocycles. The van der Waals surface area contributed by atoms with Gasteiger partial charge in [0.15, 0.2) is 0 Å². The van der Waals surface area contributed by atoms with E-state index in [1.165, 1.54) is 16.7 Å². The van der Waals surface area contributed by atoms with Crippen molar-refractivity contribution >= 4 is 0 Å². The lowest BCUT2D eigenvalue weighted by atomic mass is 9.77. The molecule has 3 heteroatoms. The van der Waals surface area contributed by atoms with Gasteiger partial charge >= 0.3 is 0 Å². The molecular weight excluding hydrogens is 234 g/mol. The van der Waals surface area contributed by atoms with Crippen molar-refractivity contribution in [3.8, 4) is 0 Å². The fourth-order valence-electron chi connectivity index (χ4n) is 2.36. The molecule has 1 aromatic carbocycles. The molecule has 108 valence electrons. The van der Waals surface area contributed by atoms with Crippen LogP contribution in [0.25, 0.3) is 0 Å². The zero-order valence-corrected chi connectivity index (χ0v) is 13.2. The Balaban J connectivity index is 3.04. The minimum absolute atomic E-state index is 0.0855. The fourth-order valence-corrected chi connectivity index (χ4v) is 2.36. The van der Waals surface area contributed by atoms with E-state index in [4.69, 9.17) is 5.84 Å². The van der Waals surface area contributed by atoms with E-state index in [0.29, 0.717) is 6.67 Å². The van der Waals surface area contributed by atoms with Crippen LogP contribution in [0.2, 0.25) is 0 Å². The van der Waals surface area contributed by atoms with Crippen LogP contribution >= 0.6 is 0 Å². The molecule has 0 atom stereocenters. The largest absolute Gasteiger partial charge is 0.303 e. The SMILES string of the molecule is Cc1ccc(C(C)(C)C)cc1C(C)(C)CNCNN. The van der Waals surface area contributed by atoms with Gasteiger partial charge in [0.05, 0.1) is 6.67 Å². The Labute approximate surface area is 117 Å². The quantitative estimate of drug-likeness (QED) is 0.331. The van der Waals surface area contributed by atoms with Crippen LogP contribution in [0.3, 0.4) is 0 Å². The van der Waals surface area contributed by atoms with Crippen LogP contribution in [0.15, 0.2) is 18.2 Å². The van der Waals surface area contributed by atoms with Gasteiger partial charge in [0.25, 0.3) is 0 Å². The number of hydrazine groups is 1. The van der Waals surface area contributed by atoms with Crippen molar-refractivity contribution in [1.29, 1.82) is 0 Å². The number of hydrogen-bond acceptors (Lipinski definition) is 3. The highest BCUT2D eigenvalue weighted by Crippen LogP contribution is 2.31. The van der Waals surface area contributed by atoms with Crippen molar-refractivity contribution in [2.75, 3.05) is 13.2 Å². The number of nitrogens with two attached hydrogens (primary N) is 1. The Bertz CT molecular complexity index is 416. The van der Waals surface area contributed by atoms with Crippen LogP contribution in [0.5, 0.6) is 0 Å². The Morgan fingerprint density at radius 1 is 1.11 bits per heavy atom. The maximum atomic E-state index is 5.30. The van der Waals surface area contributed by atoms with Crippen LogP contribution in [0, 0.1) is 6.92 Å². The Morgan fingerprint density at radius 3 is 2.26 bits per heavy atom. The molecule has 0 unspecified atom stereocenters. The predicted octanol–water partition coefficient (Wildman–Crippen LogP) is 2.58. The lowest BCUT2D eigenvalue weighted by molar-refractivity contribution is 0.451. The number of nitrogens with one attached hydrogen (secondary N) is 2. The molecule has 4 N–H and O–H groups in total. The van der Waals surface area contributed by atoms with Gasteiger partial charge in [0, 0.05) is 12.0 Å². The van der Waals surface area contributed by atoms with Gasteiger partial charge in [-0.2, -0.15) is 0 Å². The first kappa shape index (κ1) is 16.2. The van der Waals surface area contributed by atoms with E-state index in [-0.39, 0.29) is 10.8 Å². The van der Waals surface area contributed by atoms with E-state index in [1.807, 2.05) is 0 Å². The second kappa shape index (κ2) is 6.04. The number of rotatable bonds is 5. The molecule has 0 saturated heterocycles. The minimum atomic E-state index is 0.0855. The van der Waals surface area contributed by atoms with Gasteiger partial charge in [-0.05, 0) is 29.0 Å². The molecule has 3 nitrogen and oxygen atoms in total. The van der Waals surface area contributed by atoms with E-state index in [0.717, 1.165) is 6.54 Å². The van der Waals surface area contributed by atoms with E-state index >= 15 is 0 Å². The van der Waals surface area contributed by atoms with Crippen LogP contribution < -0.4 is 16.6 Å². The highest BCUT2D eigenvalue weighted by atomic mass is 15.3. The van der Waals surface area contributed by atoms with Crippen molar-refractivity contribution in [3.63, 3.8) is 0 Å². The molecule has 0 fully saturated rings. The summed E-state index contributed by atoms with van der Waals surface area (Å²) in [7, 11) is 0. The second-order valence-corrected chi connectivity index (χ2v) is 6.97. The van der Waals surface area contributed by atoms with E-state index in [1.54, 1.807) is 0 Å². The van der Waals surface area contributed by atoms with Crippen LogP contribution in [-0.4, -0.2) is 13.2 Å². The topological polar surface area (TPSA) is 50.1 Å². The number of benzene rings is 1. The van der Waals surface area contributed by atoms with Crippen molar-refractivity contribution < 1.29 is 0 Å². The van der Waals surface area contributed by atoms with Crippen LogP contribution in [0.4, 0.5) is 0 Å². The molecule has 19 heavy (non-hydrogen) atoms. The first-order chi connectivity index (χ1) is 8.68. The summed E-state index contributed by atoms with van der Waals surface area (Å²) in [6.45, 7) is 15.0. The van der Waals surface area contributed by atoms with E-state index < -0.39 is 0 Å². The third kappa shape index (κ3) is 4.30. The van der Waals surface area contributed by atoms with Crippen molar-refractivity contribution in [2.24, 2.45) is 5.84 Å². The Kier molecular flexibility index (Phi) is 5.13. The molecule has 0 aromatic heterocycles. The summed E-state index contributed by atoms with van der Waals surface area (Å²) in [5.41, 5.74) is 7.04. The first-order valence-electron chi connectivity index (χ1n) is 6.94. The molecule has 0 amide bonds.